The van der Waals surface area contributed by atoms with Crippen molar-refractivity contribution in [2.24, 2.45) is 0 Å². The fourth-order valence-corrected chi connectivity index (χ4v) is 1.53. The van der Waals surface area contributed by atoms with E-state index in [4.69, 9.17) is 4.74 Å². The first-order chi connectivity index (χ1) is 7.67. The molecule has 1 rings (SSSR count). The lowest BCUT2D eigenvalue weighted by atomic mass is 10.4. The Bertz CT molecular complexity index is 335. The highest BCUT2D eigenvalue weighted by atomic mass is 79.9. The summed E-state index contributed by atoms with van der Waals surface area (Å²) in [6.07, 6.45) is 1.87. The molecule has 16 heavy (non-hydrogen) atoms. The summed E-state index contributed by atoms with van der Waals surface area (Å²) in [4.78, 5) is 8.37. The average molecular weight is 289 g/mol. The second kappa shape index (κ2) is 6.65. The Morgan fingerprint density at radius 3 is 2.94 bits per heavy atom. The third-order valence-corrected chi connectivity index (χ3v) is 2.56. The fourth-order valence-electron chi connectivity index (χ4n) is 1.20. The number of nitrogens with zero attached hydrogens (tertiary/aromatic N) is 2. The van der Waals surface area contributed by atoms with Crippen LogP contribution in [-0.4, -0.2) is 36.3 Å². The van der Waals surface area contributed by atoms with Gasteiger partial charge in [-0.25, -0.2) is 4.98 Å². The maximum Gasteiger partial charge on any atom is 0.224 e. The Balaban J connectivity index is 2.58. The lowest BCUT2D eigenvalue weighted by molar-refractivity contribution is 0.0855. The summed E-state index contributed by atoms with van der Waals surface area (Å²) in [7, 11) is 1.79. The van der Waals surface area contributed by atoms with Gasteiger partial charge in [0.25, 0.3) is 0 Å². The minimum absolute atomic E-state index is 0.157. The lowest BCUT2D eigenvalue weighted by Crippen LogP contribution is -2.20. The van der Waals surface area contributed by atoms with Crippen LogP contribution in [0, 0.1) is 0 Å². The van der Waals surface area contributed by atoms with E-state index < -0.39 is 0 Å². The number of nitrogens with one attached hydrogen (secondary N) is 2. The van der Waals surface area contributed by atoms with Gasteiger partial charge < -0.3 is 15.4 Å². The number of aromatic nitrogens is 2. The molecular formula is C10H17BrN4O. The van der Waals surface area contributed by atoms with Gasteiger partial charge in [0.05, 0.1) is 10.6 Å². The fraction of sp³-hybridized carbons (Fsp3) is 0.600. The molecule has 0 spiro atoms. The molecule has 5 nitrogen and oxygen atoms in total. The van der Waals surface area contributed by atoms with Crippen molar-refractivity contribution in [1.29, 1.82) is 0 Å². The van der Waals surface area contributed by atoms with Crippen LogP contribution in [0.15, 0.2) is 10.7 Å². The Morgan fingerprint density at radius 1 is 1.56 bits per heavy atom. The maximum absolute atomic E-state index is 5.42. The van der Waals surface area contributed by atoms with E-state index in [1.807, 2.05) is 13.8 Å². The van der Waals surface area contributed by atoms with Gasteiger partial charge in [-0.2, -0.15) is 4.98 Å². The van der Waals surface area contributed by atoms with E-state index in [1.54, 1.807) is 13.2 Å². The molecule has 1 aromatic heterocycles. The summed E-state index contributed by atoms with van der Waals surface area (Å²) in [5, 5.41) is 6.10. The van der Waals surface area contributed by atoms with Crippen molar-refractivity contribution in [3.05, 3.63) is 10.7 Å². The van der Waals surface area contributed by atoms with Crippen LogP contribution >= 0.6 is 15.9 Å². The van der Waals surface area contributed by atoms with Crippen LogP contribution in [0.3, 0.4) is 0 Å². The molecule has 1 aromatic rings. The number of anilines is 2. The van der Waals surface area contributed by atoms with Crippen LogP contribution in [0.5, 0.6) is 0 Å². The molecule has 6 heteroatoms. The van der Waals surface area contributed by atoms with Gasteiger partial charge in [-0.3, -0.25) is 0 Å². The molecule has 1 atom stereocenters. The highest BCUT2D eigenvalue weighted by molar-refractivity contribution is 9.10. The Kier molecular flexibility index (Phi) is 5.48. The smallest absolute Gasteiger partial charge is 0.224 e. The summed E-state index contributed by atoms with van der Waals surface area (Å²) >= 11 is 3.39. The normalized spacial score (nSPS) is 12.2. The van der Waals surface area contributed by atoms with Gasteiger partial charge in [-0.1, -0.05) is 0 Å². The molecule has 0 aromatic carbocycles. The summed E-state index contributed by atoms with van der Waals surface area (Å²) in [6, 6.07) is 0. The van der Waals surface area contributed by atoms with Crippen LogP contribution in [0.2, 0.25) is 0 Å². The van der Waals surface area contributed by atoms with Crippen LogP contribution in [0.4, 0.5) is 11.8 Å². The molecule has 0 fully saturated rings. The first kappa shape index (κ1) is 13.2. The number of rotatable bonds is 6. The summed E-state index contributed by atoms with van der Waals surface area (Å²) in [6.45, 7) is 5.43. The predicted molar refractivity (Wildman–Crippen MR) is 68.9 cm³/mol. The van der Waals surface area contributed by atoms with E-state index in [2.05, 4.69) is 36.5 Å². The quantitative estimate of drug-likeness (QED) is 0.840. The van der Waals surface area contributed by atoms with E-state index in [9.17, 15) is 0 Å². The van der Waals surface area contributed by atoms with Crippen molar-refractivity contribution >= 4 is 27.7 Å². The third kappa shape index (κ3) is 3.94. The minimum Gasteiger partial charge on any atom is -0.377 e. The van der Waals surface area contributed by atoms with Crippen LogP contribution in [0.25, 0.3) is 0 Å². The molecule has 0 amide bonds. The van der Waals surface area contributed by atoms with Crippen LogP contribution < -0.4 is 10.6 Å². The maximum atomic E-state index is 5.42. The Hall–Kier alpha value is -0.880. The third-order valence-electron chi connectivity index (χ3n) is 1.98. The Labute approximate surface area is 104 Å². The van der Waals surface area contributed by atoms with E-state index >= 15 is 0 Å². The largest absolute Gasteiger partial charge is 0.377 e. The monoisotopic (exact) mass is 288 g/mol. The molecule has 0 aliphatic rings. The number of halogens is 1. The first-order valence-corrected chi connectivity index (χ1v) is 6.02. The lowest BCUT2D eigenvalue weighted by Gasteiger charge is -2.14. The molecule has 0 bridgehead atoms. The van der Waals surface area contributed by atoms with Crippen molar-refractivity contribution in [2.45, 2.75) is 20.0 Å². The molecule has 0 radical (unpaired) electrons. The van der Waals surface area contributed by atoms with Gasteiger partial charge in [0, 0.05) is 26.4 Å². The highest BCUT2D eigenvalue weighted by Crippen LogP contribution is 2.19. The molecule has 0 aliphatic carbocycles. The van der Waals surface area contributed by atoms with Crippen molar-refractivity contribution in [2.75, 3.05) is 30.8 Å². The average Bonchev–Trinajstić information content (AvgIpc) is 2.28. The van der Waals surface area contributed by atoms with E-state index in [1.165, 1.54) is 0 Å². The topological polar surface area (TPSA) is 59.1 Å². The SMILES string of the molecule is CCOC(C)CNc1nc(NC)ncc1Br. The van der Waals surface area contributed by atoms with Gasteiger partial charge in [-0.15, -0.1) is 0 Å². The van der Waals surface area contributed by atoms with Crippen LogP contribution in [-0.2, 0) is 4.74 Å². The molecule has 0 saturated heterocycles. The molecule has 2 N–H and O–H groups in total. The van der Waals surface area contributed by atoms with Gasteiger partial charge in [0.2, 0.25) is 5.95 Å². The van der Waals surface area contributed by atoms with Gasteiger partial charge in [-0.05, 0) is 29.8 Å². The predicted octanol–water partition coefficient (Wildman–Crippen LogP) is 2.12. The first-order valence-electron chi connectivity index (χ1n) is 5.23. The second-order valence-electron chi connectivity index (χ2n) is 3.29. The number of ether oxygens (including phenoxy) is 1. The van der Waals surface area contributed by atoms with Gasteiger partial charge in [0.15, 0.2) is 0 Å². The standard InChI is InChI=1S/C10H17BrN4O/c1-4-16-7(2)5-13-9-8(11)6-14-10(12-3)15-9/h6-7H,4-5H2,1-3H3,(H2,12,13,14,15). The summed E-state index contributed by atoms with van der Waals surface area (Å²) < 4.78 is 6.27. The second-order valence-corrected chi connectivity index (χ2v) is 4.14. The van der Waals surface area contributed by atoms with Crippen molar-refractivity contribution < 1.29 is 4.74 Å². The summed E-state index contributed by atoms with van der Waals surface area (Å²) in [5.74, 6) is 1.36. The minimum atomic E-state index is 0.157. The summed E-state index contributed by atoms with van der Waals surface area (Å²) in [5.41, 5.74) is 0. The molecule has 0 aliphatic heterocycles. The zero-order valence-corrected chi connectivity index (χ0v) is 11.3. The van der Waals surface area contributed by atoms with E-state index in [0.29, 0.717) is 12.5 Å². The van der Waals surface area contributed by atoms with Crippen molar-refractivity contribution in [3.8, 4) is 0 Å². The molecule has 0 saturated carbocycles. The van der Waals surface area contributed by atoms with E-state index in [-0.39, 0.29) is 6.10 Å². The number of hydrogen-bond acceptors (Lipinski definition) is 5. The molecule has 1 heterocycles. The zero-order valence-electron chi connectivity index (χ0n) is 9.75. The van der Waals surface area contributed by atoms with Crippen molar-refractivity contribution in [1.82, 2.24) is 9.97 Å². The van der Waals surface area contributed by atoms with Gasteiger partial charge in [0.1, 0.15) is 5.82 Å². The van der Waals surface area contributed by atoms with Crippen molar-refractivity contribution in [3.63, 3.8) is 0 Å². The molecular weight excluding hydrogens is 272 g/mol. The zero-order chi connectivity index (χ0) is 12.0. The molecule has 90 valence electrons. The Morgan fingerprint density at radius 2 is 2.31 bits per heavy atom. The van der Waals surface area contributed by atoms with E-state index in [0.717, 1.165) is 16.9 Å². The highest BCUT2D eigenvalue weighted by Gasteiger charge is 2.06. The van der Waals surface area contributed by atoms with Crippen LogP contribution in [0.1, 0.15) is 13.8 Å². The van der Waals surface area contributed by atoms with Gasteiger partial charge >= 0.3 is 0 Å². The number of hydrogen-bond donors (Lipinski definition) is 2. The molecule has 1 unspecified atom stereocenters.